The lowest BCUT2D eigenvalue weighted by Gasteiger charge is -2.04. The summed E-state index contributed by atoms with van der Waals surface area (Å²) in [4.78, 5) is 15.6. The number of hydrogen-bond acceptors (Lipinski definition) is 6. The van der Waals surface area contributed by atoms with Crippen molar-refractivity contribution in [3.63, 3.8) is 0 Å². The molecule has 18 heavy (non-hydrogen) atoms. The highest BCUT2D eigenvalue weighted by Crippen LogP contribution is 2.01. The summed E-state index contributed by atoms with van der Waals surface area (Å²) < 4.78 is 6.71. The van der Waals surface area contributed by atoms with Gasteiger partial charge >= 0.3 is 5.97 Å². The molecule has 0 unspecified atom stereocenters. The topological polar surface area (TPSA) is 82.8 Å². The van der Waals surface area contributed by atoms with Crippen LogP contribution in [0.1, 0.15) is 29.7 Å². The van der Waals surface area contributed by atoms with E-state index in [1.165, 1.54) is 6.20 Å². The molecule has 7 heteroatoms. The predicted molar refractivity (Wildman–Crippen MR) is 61.5 cm³/mol. The fraction of sp³-hybridized carbons (Fsp3) is 0.364. The van der Waals surface area contributed by atoms with Gasteiger partial charge in [-0.1, -0.05) is 13.0 Å². The van der Waals surface area contributed by atoms with Gasteiger partial charge < -0.3 is 4.74 Å². The molecule has 0 aliphatic heterocycles. The molecule has 0 aliphatic carbocycles. The Bertz CT molecular complexity index is 511. The Morgan fingerprint density at radius 3 is 3.06 bits per heavy atom. The molecule has 94 valence electrons. The number of tetrazole rings is 1. The monoisotopic (exact) mass is 247 g/mol. The van der Waals surface area contributed by atoms with Gasteiger partial charge in [0.1, 0.15) is 5.69 Å². The van der Waals surface area contributed by atoms with Crippen LogP contribution in [-0.2, 0) is 17.9 Å². The minimum absolute atomic E-state index is 0.0441. The number of hydrogen-bond donors (Lipinski definition) is 0. The van der Waals surface area contributed by atoms with E-state index < -0.39 is 5.97 Å². The van der Waals surface area contributed by atoms with Crippen LogP contribution in [0.15, 0.2) is 24.4 Å². The van der Waals surface area contributed by atoms with Crippen molar-refractivity contribution in [3.05, 3.63) is 35.9 Å². The number of nitrogens with zero attached hydrogens (tertiary/aromatic N) is 5. The Morgan fingerprint density at radius 1 is 1.44 bits per heavy atom. The van der Waals surface area contributed by atoms with Gasteiger partial charge in [-0.25, -0.2) is 14.5 Å². The fourth-order valence-corrected chi connectivity index (χ4v) is 1.40. The molecule has 2 heterocycles. The lowest BCUT2D eigenvalue weighted by molar-refractivity contribution is 0.0449. The van der Waals surface area contributed by atoms with E-state index in [0.717, 1.165) is 6.42 Å². The van der Waals surface area contributed by atoms with Crippen LogP contribution >= 0.6 is 0 Å². The Balaban J connectivity index is 1.95. The van der Waals surface area contributed by atoms with Gasteiger partial charge in [0.2, 0.25) is 0 Å². The van der Waals surface area contributed by atoms with Crippen molar-refractivity contribution in [2.45, 2.75) is 26.5 Å². The second-order valence-corrected chi connectivity index (χ2v) is 3.61. The average Bonchev–Trinajstić information content (AvgIpc) is 2.85. The second kappa shape index (κ2) is 5.85. The summed E-state index contributed by atoms with van der Waals surface area (Å²) in [5.41, 5.74) is 0.270. The van der Waals surface area contributed by atoms with Gasteiger partial charge in [0.15, 0.2) is 12.4 Å². The van der Waals surface area contributed by atoms with Crippen molar-refractivity contribution < 1.29 is 9.53 Å². The zero-order valence-corrected chi connectivity index (χ0v) is 9.98. The molecule has 0 bridgehead atoms. The van der Waals surface area contributed by atoms with Crippen LogP contribution in [0.5, 0.6) is 0 Å². The van der Waals surface area contributed by atoms with Gasteiger partial charge in [-0.2, -0.15) is 0 Å². The molecule has 2 aromatic rings. The highest BCUT2D eigenvalue weighted by Gasteiger charge is 2.11. The molecule has 0 spiro atoms. The smallest absolute Gasteiger partial charge is 0.357 e. The lowest BCUT2D eigenvalue weighted by Crippen LogP contribution is -2.11. The molecule has 0 aliphatic rings. The number of rotatable bonds is 5. The molecular formula is C11H13N5O2. The second-order valence-electron chi connectivity index (χ2n) is 3.61. The summed E-state index contributed by atoms with van der Waals surface area (Å²) in [7, 11) is 0. The van der Waals surface area contributed by atoms with Crippen molar-refractivity contribution in [3.8, 4) is 0 Å². The quantitative estimate of drug-likeness (QED) is 0.728. The van der Waals surface area contributed by atoms with E-state index in [0.29, 0.717) is 12.4 Å². The van der Waals surface area contributed by atoms with Crippen molar-refractivity contribution >= 4 is 5.97 Å². The van der Waals surface area contributed by atoms with Gasteiger partial charge in [-0.15, -0.1) is 5.10 Å². The van der Waals surface area contributed by atoms with E-state index >= 15 is 0 Å². The third kappa shape index (κ3) is 2.88. The molecule has 0 radical (unpaired) electrons. The van der Waals surface area contributed by atoms with Crippen LogP contribution < -0.4 is 0 Å². The molecule has 0 N–H and O–H groups in total. The molecule has 0 atom stereocenters. The summed E-state index contributed by atoms with van der Waals surface area (Å²) in [6.07, 6.45) is 2.45. The first kappa shape index (κ1) is 12.2. The first-order chi connectivity index (χ1) is 8.81. The molecule has 2 aromatic heterocycles. The van der Waals surface area contributed by atoms with Gasteiger partial charge in [-0.3, -0.25) is 0 Å². The van der Waals surface area contributed by atoms with E-state index in [-0.39, 0.29) is 12.3 Å². The summed E-state index contributed by atoms with van der Waals surface area (Å²) in [6.45, 7) is 2.76. The Hall–Kier alpha value is -2.31. The zero-order valence-electron chi connectivity index (χ0n) is 9.98. The molecular weight excluding hydrogens is 234 g/mol. The number of ether oxygens (including phenoxy) is 1. The molecule has 0 saturated carbocycles. The van der Waals surface area contributed by atoms with E-state index in [1.807, 2.05) is 6.92 Å². The maximum Gasteiger partial charge on any atom is 0.357 e. The number of pyridine rings is 1. The van der Waals surface area contributed by atoms with Crippen molar-refractivity contribution in [2.24, 2.45) is 0 Å². The molecule has 0 amide bonds. The van der Waals surface area contributed by atoms with E-state index in [1.54, 1.807) is 22.9 Å². The predicted octanol–water partition coefficient (Wildman–Crippen LogP) is 0.835. The van der Waals surface area contributed by atoms with Gasteiger partial charge in [-0.05, 0) is 29.0 Å². The maximum atomic E-state index is 11.6. The Morgan fingerprint density at radius 2 is 2.33 bits per heavy atom. The van der Waals surface area contributed by atoms with Crippen LogP contribution in [0, 0.1) is 0 Å². The molecule has 2 rings (SSSR count). The number of esters is 1. The standard InChI is InChI=1S/C11H13N5O2/c1-2-7-16-10(13-14-15-16)8-18-11(17)9-5-3-4-6-12-9/h3-6H,2,7-8H2,1H3. The zero-order chi connectivity index (χ0) is 12.8. The van der Waals surface area contributed by atoms with Crippen LogP contribution in [0.3, 0.4) is 0 Å². The number of aromatic nitrogens is 5. The average molecular weight is 247 g/mol. The van der Waals surface area contributed by atoms with Crippen molar-refractivity contribution in [2.75, 3.05) is 0 Å². The van der Waals surface area contributed by atoms with Crippen molar-refractivity contribution in [1.82, 2.24) is 25.2 Å². The van der Waals surface area contributed by atoms with E-state index in [4.69, 9.17) is 4.74 Å². The first-order valence-corrected chi connectivity index (χ1v) is 5.64. The Kier molecular flexibility index (Phi) is 3.95. The molecule has 0 fully saturated rings. The first-order valence-electron chi connectivity index (χ1n) is 5.64. The van der Waals surface area contributed by atoms with Gasteiger partial charge in [0, 0.05) is 12.7 Å². The summed E-state index contributed by atoms with van der Waals surface area (Å²) in [5.74, 6) is 0.0442. The summed E-state index contributed by atoms with van der Waals surface area (Å²) >= 11 is 0. The van der Waals surface area contributed by atoms with Gasteiger partial charge in [0.25, 0.3) is 0 Å². The highest BCUT2D eigenvalue weighted by molar-refractivity contribution is 5.86. The number of carbonyl (C=O) groups is 1. The molecule has 7 nitrogen and oxygen atoms in total. The van der Waals surface area contributed by atoms with Crippen LogP contribution in [0.4, 0.5) is 0 Å². The van der Waals surface area contributed by atoms with Crippen LogP contribution in [0.25, 0.3) is 0 Å². The van der Waals surface area contributed by atoms with Crippen LogP contribution in [-0.4, -0.2) is 31.2 Å². The molecule has 0 aromatic carbocycles. The normalized spacial score (nSPS) is 10.3. The third-order valence-corrected chi connectivity index (χ3v) is 2.25. The lowest BCUT2D eigenvalue weighted by atomic mass is 10.3. The minimum atomic E-state index is -0.485. The van der Waals surface area contributed by atoms with Crippen LogP contribution in [0.2, 0.25) is 0 Å². The molecule has 0 saturated heterocycles. The fourth-order valence-electron chi connectivity index (χ4n) is 1.40. The Labute approximate surface area is 104 Å². The number of carbonyl (C=O) groups excluding carboxylic acids is 1. The largest absolute Gasteiger partial charge is 0.453 e. The maximum absolute atomic E-state index is 11.6. The number of aryl methyl sites for hydroxylation is 1. The summed E-state index contributed by atoms with van der Waals surface area (Å²) in [6, 6.07) is 5.06. The third-order valence-electron chi connectivity index (χ3n) is 2.25. The highest BCUT2D eigenvalue weighted by atomic mass is 16.5. The van der Waals surface area contributed by atoms with E-state index in [9.17, 15) is 4.79 Å². The van der Waals surface area contributed by atoms with E-state index in [2.05, 4.69) is 20.5 Å². The van der Waals surface area contributed by atoms with Gasteiger partial charge in [0.05, 0.1) is 0 Å². The SMILES string of the molecule is CCCn1nnnc1COC(=O)c1ccccn1. The summed E-state index contributed by atoms with van der Waals surface area (Å²) in [5, 5.41) is 11.2. The minimum Gasteiger partial charge on any atom is -0.453 e. The van der Waals surface area contributed by atoms with Crippen molar-refractivity contribution in [1.29, 1.82) is 0 Å².